The second-order valence-electron chi connectivity index (χ2n) is 5.55. The van der Waals surface area contributed by atoms with Crippen molar-refractivity contribution in [2.75, 3.05) is 11.1 Å². The van der Waals surface area contributed by atoms with E-state index in [9.17, 15) is 5.11 Å². The summed E-state index contributed by atoms with van der Waals surface area (Å²) in [6, 6.07) is 12.7. The molecule has 0 unspecified atom stereocenters. The Balaban J connectivity index is 1.98. The van der Waals surface area contributed by atoms with Gasteiger partial charge in [0.15, 0.2) is 0 Å². The van der Waals surface area contributed by atoms with Crippen molar-refractivity contribution in [3.8, 4) is 11.3 Å². The molecule has 128 valence electrons. The molecule has 1 heterocycles. The first-order valence-corrected chi connectivity index (χ1v) is 8.29. The highest BCUT2D eigenvalue weighted by molar-refractivity contribution is 6.31. The number of nitrogens with two attached hydrogens (primary N) is 1. The van der Waals surface area contributed by atoms with E-state index in [2.05, 4.69) is 15.3 Å². The number of halogens is 2. The van der Waals surface area contributed by atoms with E-state index < -0.39 is 0 Å². The molecule has 2 aromatic carbocycles. The van der Waals surface area contributed by atoms with Crippen molar-refractivity contribution in [3.05, 3.63) is 63.6 Å². The third kappa shape index (κ3) is 4.02. The maximum absolute atomic E-state index is 9.33. The fraction of sp³-hybridized carbons (Fsp3) is 0.111. The van der Waals surface area contributed by atoms with Crippen molar-refractivity contribution in [2.24, 2.45) is 0 Å². The average Bonchev–Trinajstić information content (AvgIpc) is 2.58. The van der Waals surface area contributed by atoms with Gasteiger partial charge < -0.3 is 16.2 Å². The summed E-state index contributed by atoms with van der Waals surface area (Å²) in [7, 11) is 0. The van der Waals surface area contributed by atoms with Crippen LogP contribution in [0.4, 0.5) is 17.5 Å². The smallest absolute Gasteiger partial charge is 0.222 e. The summed E-state index contributed by atoms with van der Waals surface area (Å²) in [5.74, 6) is 0.684. The quantitative estimate of drug-likeness (QED) is 0.622. The molecule has 1 aromatic heterocycles. The number of benzene rings is 2. The van der Waals surface area contributed by atoms with Gasteiger partial charge in [-0.1, -0.05) is 29.3 Å². The number of anilines is 3. The van der Waals surface area contributed by atoms with Gasteiger partial charge in [0.1, 0.15) is 5.82 Å². The Hall–Kier alpha value is -2.34. The number of aromatic nitrogens is 2. The monoisotopic (exact) mass is 374 g/mol. The Morgan fingerprint density at radius 1 is 1.08 bits per heavy atom. The number of rotatable bonds is 4. The highest BCUT2D eigenvalue weighted by atomic mass is 35.5. The van der Waals surface area contributed by atoms with Gasteiger partial charge in [-0.3, -0.25) is 0 Å². The van der Waals surface area contributed by atoms with Crippen molar-refractivity contribution >= 4 is 40.7 Å². The van der Waals surface area contributed by atoms with Crippen LogP contribution in [0.3, 0.4) is 0 Å². The molecular formula is C18H16Cl2N4O. The van der Waals surface area contributed by atoms with Gasteiger partial charge in [0.2, 0.25) is 5.95 Å². The minimum atomic E-state index is -0.146. The number of aliphatic hydroxyl groups is 1. The van der Waals surface area contributed by atoms with Crippen LogP contribution in [0.25, 0.3) is 11.3 Å². The van der Waals surface area contributed by atoms with Crippen molar-refractivity contribution < 1.29 is 5.11 Å². The van der Waals surface area contributed by atoms with Crippen LogP contribution in [-0.2, 0) is 6.61 Å². The van der Waals surface area contributed by atoms with Crippen LogP contribution in [0.2, 0.25) is 10.0 Å². The zero-order valence-corrected chi connectivity index (χ0v) is 14.9. The molecule has 0 aliphatic carbocycles. The highest BCUT2D eigenvalue weighted by Gasteiger charge is 2.09. The second kappa shape index (κ2) is 7.27. The molecule has 0 bridgehead atoms. The van der Waals surface area contributed by atoms with Gasteiger partial charge in [-0.2, -0.15) is 4.98 Å². The first-order chi connectivity index (χ1) is 12.0. The predicted molar refractivity (Wildman–Crippen MR) is 102 cm³/mol. The fourth-order valence-electron chi connectivity index (χ4n) is 2.46. The van der Waals surface area contributed by atoms with Gasteiger partial charge in [-0.15, -0.1) is 0 Å². The fourth-order valence-corrected chi connectivity index (χ4v) is 2.81. The largest absolute Gasteiger partial charge is 0.392 e. The molecule has 0 amide bonds. The van der Waals surface area contributed by atoms with Gasteiger partial charge in [0.05, 0.1) is 12.3 Å². The minimum absolute atomic E-state index is 0.146. The lowest BCUT2D eigenvalue weighted by Gasteiger charge is -2.11. The maximum Gasteiger partial charge on any atom is 0.222 e. The van der Waals surface area contributed by atoms with E-state index in [0.717, 1.165) is 16.8 Å². The van der Waals surface area contributed by atoms with Crippen LogP contribution in [0.5, 0.6) is 0 Å². The molecule has 0 fully saturated rings. The number of aryl methyl sites for hydroxylation is 1. The zero-order chi connectivity index (χ0) is 18.0. The summed E-state index contributed by atoms with van der Waals surface area (Å²) in [5.41, 5.74) is 9.81. The van der Waals surface area contributed by atoms with Crippen molar-refractivity contribution in [1.82, 2.24) is 9.97 Å². The van der Waals surface area contributed by atoms with E-state index in [1.807, 2.05) is 25.1 Å². The molecular weight excluding hydrogens is 359 g/mol. The number of hydrogen-bond acceptors (Lipinski definition) is 5. The molecule has 0 saturated carbocycles. The Labute approximate surface area is 155 Å². The number of nitrogens with one attached hydrogen (secondary N) is 1. The van der Waals surface area contributed by atoms with E-state index in [4.69, 9.17) is 28.9 Å². The van der Waals surface area contributed by atoms with Gasteiger partial charge >= 0.3 is 0 Å². The molecule has 0 atom stereocenters. The first-order valence-electron chi connectivity index (χ1n) is 7.53. The third-order valence-corrected chi connectivity index (χ3v) is 4.31. The molecule has 5 nitrogen and oxygen atoms in total. The molecule has 3 aromatic rings. The molecule has 0 aliphatic rings. The SMILES string of the molecule is Cc1ccc(Cl)cc1-c1cc(Nc2ccc(Cl)c(CO)c2)nc(N)n1. The van der Waals surface area contributed by atoms with Crippen molar-refractivity contribution in [1.29, 1.82) is 0 Å². The number of nitrogen functional groups attached to an aromatic ring is 1. The van der Waals surface area contributed by atoms with E-state index in [0.29, 0.717) is 27.1 Å². The molecule has 3 rings (SSSR count). The average molecular weight is 375 g/mol. The van der Waals surface area contributed by atoms with Crippen molar-refractivity contribution in [3.63, 3.8) is 0 Å². The first kappa shape index (κ1) is 17.5. The molecule has 7 heteroatoms. The minimum Gasteiger partial charge on any atom is -0.392 e. The Morgan fingerprint density at radius 3 is 2.64 bits per heavy atom. The van der Waals surface area contributed by atoms with Gasteiger partial charge in [-0.05, 0) is 48.4 Å². The Morgan fingerprint density at radius 2 is 1.88 bits per heavy atom. The summed E-state index contributed by atoms with van der Waals surface area (Å²) < 4.78 is 0. The standard InChI is InChI=1S/C18H16Cl2N4O/c1-10-2-3-12(19)7-14(10)16-8-17(24-18(21)23-16)22-13-4-5-15(20)11(6-13)9-25/h2-8,25H,9H2,1H3,(H3,21,22,23,24). The summed E-state index contributed by atoms with van der Waals surface area (Å²) in [6.07, 6.45) is 0. The maximum atomic E-state index is 9.33. The van der Waals surface area contributed by atoms with Gasteiger partial charge in [-0.25, -0.2) is 4.98 Å². The molecule has 0 saturated heterocycles. The second-order valence-corrected chi connectivity index (χ2v) is 6.39. The molecule has 0 aliphatic heterocycles. The molecule has 4 N–H and O–H groups in total. The van der Waals surface area contributed by atoms with Gasteiger partial charge in [0.25, 0.3) is 0 Å². The van der Waals surface area contributed by atoms with Crippen LogP contribution in [0.15, 0.2) is 42.5 Å². The lowest BCUT2D eigenvalue weighted by Crippen LogP contribution is -2.02. The normalized spacial score (nSPS) is 10.7. The molecule has 25 heavy (non-hydrogen) atoms. The van der Waals surface area contributed by atoms with Crippen LogP contribution < -0.4 is 11.1 Å². The van der Waals surface area contributed by atoms with E-state index >= 15 is 0 Å². The lowest BCUT2D eigenvalue weighted by atomic mass is 10.1. The Kier molecular flexibility index (Phi) is 5.08. The van der Waals surface area contributed by atoms with E-state index in [1.165, 1.54) is 0 Å². The number of aliphatic hydroxyl groups excluding tert-OH is 1. The molecule has 0 spiro atoms. The van der Waals surface area contributed by atoms with Crippen LogP contribution in [-0.4, -0.2) is 15.1 Å². The van der Waals surface area contributed by atoms with Crippen LogP contribution >= 0.6 is 23.2 Å². The Bertz CT molecular complexity index is 931. The third-order valence-electron chi connectivity index (χ3n) is 3.71. The zero-order valence-electron chi connectivity index (χ0n) is 13.4. The van der Waals surface area contributed by atoms with Gasteiger partial charge in [0, 0.05) is 27.4 Å². The van der Waals surface area contributed by atoms with Crippen molar-refractivity contribution in [2.45, 2.75) is 13.5 Å². The van der Waals surface area contributed by atoms with Crippen LogP contribution in [0, 0.1) is 6.92 Å². The summed E-state index contributed by atoms with van der Waals surface area (Å²) in [6.45, 7) is 1.83. The number of hydrogen-bond donors (Lipinski definition) is 3. The van der Waals surface area contributed by atoms with E-state index in [1.54, 1.807) is 24.3 Å². The summed E-state index contributed by atoms with van der Waals surface area (Å²) in [4.78, 5) is 8.51. The van der Waals surface area contributed by atoms with E-state index in [-0.39, 0.29) is 12.6 Å². The number of nitrogens with zero attached hydrogens (tertiary/aromatic N) is 2. The highest BCUT2D eigenvalue weighted by Crippen LogP contribution is 2.29. The lowest BCUT2D eigenvalue weighted by molar-refractivity contribution is 0.282. The summed E-state index contributed by atoms with van der Waals surface area (Å²) in [5, 5.41) is 13.6. The molecule has 0 radical (unpaired) electrons. The summed E-state index contributed by atoms with van der Waals surface area (Å²) >= 11 is 12.1. The topological polar surface area (TPSA) is 84.1 Å². The predicted octanol–water partition coefficient (Wildman–Crippen LogP) is 4.58. The van der Waals surface area contributed by atoms with Crippen LogP contribution in [0.1, 0.15) is 11.1 Å².